The van der Waals surface area contributed by atoms with E-state index in [1.807, 2.05) is 47.0 Å². The average molecular weight is 381 g/mol. The lowest BCUT2D eigenvalue weighted by atomic mass is 10.2. The molecule has 0 atom stereocenters. The molecule has 0 aliphatic rings. The summed E-state index contributed by atoms with van der Waals surface area (Å²) in [5, 5.41) is 12.4. The lowest BCUT2D eigenvalue weighted by Crippen LogP contribution is -2.28. The van der Waals surface area contributed by atoms with Crippen LogP contribution in [0.1, 0.15) is 19.4 Å². The summed E-state index contributed by atoms with van der Waals surface area (Å²) in [5.74, 6) is 1.52. The normalized spacial score (nSPS) is 11.0. The third-order valence-corrected chi connectivity index (χ3v) is 4.93. The van der Waals surface area contributed by atoms with Crippen molar-refractivity contribution in [3.63, 3.8) is 0 Å². The molecule has 0 unspecified atom stereocenters. The van der Waals surface area contributed by atoms with E-state index in [1.165, 1.54) is 17.3 Å². The molecule has 0 bridgehead atoms. The molecule has 3 rings (SSSR count). The molecule has 140 valence electrons. The van der Waals surface area contributed by atoms with Gasteiger partial charge in [0.2, 0.25) is 5.91 Å². The molecule has 0 aliphatic heterocycles. The number of hydrogen-bond acceptors (Lipinski definition) is 4. The minimum atomic E-state index is 0.00779. The fourth-order valence-electron chi connectivity index (χ4n) is 2.56. The molecule has 0 spiro atoms. The molecule has 0 fully saturated rings. The highest BCUT2D eigenvalue weighted by Crippen LogP contribution is 2.28. The molecule has 2 aromatic carbocycles. The summed E-state index contributed by atoms with van der Waals surface area (Å²) in [6.45, 7) is 6.89. The zero-order valence-corrected chi connectivity index (χ0v) is 16.7. The number of thioether (sulfide) groups is 1. The Bertz CT molecular complexity index is 888. The van der Waals surface area contributed by atoms with Crippen LogP contribution in [0, 0.1) is 12.8 Å². The Morgan fingerprint density at radius 2 is 1.78 bits per heavy atom. The van der Waals surface area contributed by atoms with Gasteiger partial charge >= 0.3 is 0 Å². The highest BCUT2D eigenvalue weighted by molar-refractivity contribution is 7.99. The van der Waals surface area contributed by atoms with E-state index in [0.29, 0.717) is 23.4 Å². The van der Waals surface area contributed by atoms with Gasteiger partial charge in [0.25, 0.3) is 0 Å². The molecule has 1 heterocycles. The summed E-state index contributed by atoms with van der Waals surface area (Å²) in [5.41, 5.74) is 3.16. The monoisotopic (exact) mass is 380 g/mol. The van der Waals surface area contributed by atoms with Gasteiger partial charge in [-0.25, -0.2) is 0 Å². The highest BCUT2D eigenvalue weighted by atomic mass is 32.2. The van der Waals surface area contributed by atoms with Gasteiger partial charge < -0.3 is 5.32 Å². The van der Waals surface area contributed by atoms with Gasteiger partial charge in [0.1, 0.15) is 0 Å². The Morgan fingerprint density at radius 3 is 2.44 bits per heavy atom. The SMILES string of the molecule is Cc1ccc(-n2c(SCC(=O)NCC(C)C)nnc2-c2ccccc2)cc1. The van der Waals surface area contributed by atoms with Crippen LogP contribution in [-0.4, -0.2) is 33.0 Å². The second kappa shape index (κ2) is 8.86. The zero-order valence-electron chi connectivity index (χ0n) is 15.8. The molecule has 0 radical (unpaired) electrons. The summed E-state index contributed by atoms with van der Waals surface area (Å²) in [6.07, 6.45) is 0. The van der Waals surface area contributed by atoms with Crippen LogP contribution in [0.3, 0.4) is 0 Å². The largest absolute Gasteiger partial charge is 0.355 e. The number of aromatic nitrogens is 3. The summed E-state index contributed by atoms with van der Waals surface area (Å²) >= 11 is 1.40. The number of hydrogen-bond donors (Lipinski definition) is 1. The Kier molecular flexibility index (Phi) is 6.29. The van der Waals surface area contributed by atoms with E-state index in [-0.39, 0.29) is 5.91 Å². The fourth-order valence-corrected chi connectivity index (χ4v) is 3.35. The molecule has 0 saturated heterocycles. The molecule has 3 aromatic rings. The smallest absolute Gasteiger partial charge is 0.230 e. The maximum atomic E-state index is 12.1. The van der Waals surface area contributed by atoms with Crippen LogP contribution in [0.5, 0.6) is 0 Å². The van der Waals surface area contributed by atoms with E-state index in [1.54, 1.807) is 0 Å². The average Bonchev–Trinajstić information content (AvgIpc) is 3.10. The van der Waals surface area contributed by atoms with Crippen molar-refractivity contribution in [2.45, 2.75) is 25.9 Å². The minimum absolute atomic E-state index is 0.00779. The van der Waals surface area contributed by atoms with Gasteiger partial charge in [-0.05, 0) is 25.0 Å². The van der Waals surface area contributed by atoms with Crippen molar-refractivity contribution in [1.29, 1.82) is 0 Å². The third-order valence-electron chi connectivity index (χ3n) is 4.00. The molecule has 1 amide bonds. The van der Waals surface area contributed by atoms with Crippen LogP contribution in [0.2, 0.25) is 0 Å². The van der Waals surface area contributed by atoms with Crippen LogP contribution in [0.25, 0.3) is 17.1 Å². The number of benzene rings is 2. The summed E-state index contributed by atoms with van der Waals surface area (Å²) < 4.78 is 2.01. The summed E-state index contributed by atoms with van der Waals surface area (Å²) in [6, 6.07) is 18.2. The maximum absolute atomic E-state index is 12.1. The van der Waals surface area contributed by atoms with Crippen LogP contribution in [0.4, 0.5) is 0 Å². The van der Waals surface area contributed by atoms with Crippen molar-refractivity contribution in [2.75, 3.05) is 12.3 Å². The fraction of sp³-hybridized carbons (Fsp3) is 0.286. The van der Waals surface area contributed by atoms with Crippen molar-refractivity contribution in [2.24, 2.45) is 5.92 Å². The number of aryl methyl sites for hydroxylation is 1. The van der Waals surface area contributed by atoms with E-state index in [2.05, 4.69) is 48.4 Å². The highest BCUT2D eigenvalue weighted by Gasteiger charge is 2.17. The first kappa shape index (κ1) is 19.2. The molecule has 0 aliphatic carbocycles. The Balaban J connectivity index is 1.89. The van der Waals surface area contributed by atoms with Gasteiger partial charge in [-0.1, -0.05) is 73.6 Å². The van der Waals surface area contributed by atoms with Crippen molar-refractivity contribution < 1.29 is 4.79 Å². The number of nitrogens with zero attached hydrogens (tertiary/aromatic N) is 3. The number of carbonyl (C=O) groups excluding carboxylic acids is 1. The summed E-state index contributed by atoms with van der Waals surface area (Å²) in [7, 11) is 0. The van der Waals surface area contributed by atoms with E-state index in [0.717, 1.165) is 17.1 Å². The molecule has 0 saturated carbocycles. The van der Waals surface area contributed by atoms with E-state index in [4.69, 9.17) is 0 Å². The second-order valence-electron chi connectivity index (χ2n) is 6.83. The van der Waals surface area contributed by atoms with Crippen molar-refractivity contribution in [3.05, 3.63) is 60.2 Å². The lowest BCUT2D eigenvalue weighted by molar-refractivity contribution is -0.118. The Hall–Kier alpha value is -2.60. The molecule has 1 N–H and O–H groups in total. The third kappa shape index (κ3) is 4.98. The van der Waals surface area contributed by atoms with Gasteiger partial charge in [-0.3, -0.25) is 9.36 Å². The van der Waals surface area contributed by atoms with Crippen LogP contribution >= 0.6 is 11.8 Å². The lowest BCUT2D eigenvalue weighted by Gasteiger charge is -2.11. The van der Waals surface area contributed by atoms with E-state index < -0.39 is 0 Å². The molecule has 27 heavy (non-hydrogen) atoms. The first-order valence-corrected chi connectivity index (χ1v) is 10.0. The van der Waals surface area contributed by atoms with E-state index >= 15 is 0 Å². The quantitative estimate of drug-likeness (QED) is 0.627. The van der Waals surface area contributed by atoms with Crippen LogP contribution in [-0.2, 0) is 4.79 Å². The first-order valence-electron chi connectivity index (χ1n) is 9.02. The van der Waals surface area contributed by atoms with E-state index in [9.17, 15) is 4.79 Å². The molecule has 5 nitrogen and oxygen atoms in total. The molecular weight excluding hydrogens is 356 g/mol. The van der Waals surface area contributed by atoms with Gasteiger partial charge in [0, 0.05) is 17.8 Å². The number of rotatable bonds is 7. The Labute approximate surface area is 164 Å². The van der Waals surface area contributed by atoms with Crippen molar-refractivity contribution in [3.8, 4) is 17.1 Å². The van der Waals surface area contributed by atoms with Crippen molar-refractivity contribution >= 4 is 17.7 Å². The number of nitrogens with one attached hydrogen (secondary N) is 1. The zero-order chi connectivity index (χ0) is 19.2. The minimum Gasteiger partial charge on any atom is -0.355 e. The second-order valence-corrected chi connectivity index (χ2v) is 7.77. The maximum Gasteiger partial charge on any atom is 0.230 e. The molecule has 6 heteroatoms. The molecule has 1 aromatic heterocycles. The van der Waals surface area contributed by atoms with Crippen molar-refractivity contribution in [1.82, 2.24) is 20.1 Å². The molecular formula is C21H24N4OS. The van der Waals surface area contributed by atoms with Crippen LogP contribution < -0.4 is 5.32 Å². The predicted octanol–water partition coefficient (Wildman–Crippen LogP) is 4.11. The first-order chi connectivity index (χ1) is 13.0. The van der Waals surface area contributed by atoms with Crippen LogP contribution in [0.15, 0.2) is 59.8 Å². The van der Waals surface area contributed by atoms with Gasteiger partial charge in [-0.15, -0.1) is 10.2 Å². The standard InChI is InChI=1S/C21H24N4OS/c1-15(2)13-22-19(26)14-27-21-24-23-20(17-7-5-4-6-8-17)25(21)18-11-9-16(3)10-12-18/h4-12,15H,13-14H2,1-3H3,(H,22,26). The summed E-state index contributed by atoms with van der Waals surface area (Å²) in [4.78, 5) is 12.1. The van der Waals surface area contributed by atoms with Gasteiger partial charge in [0.05, 0.1) is 5.75 Å². The topological polar surface area (TPSA) is 59.8 Å². The Morgan fingerprint density at radius 1 is 1.07 bits per heavy atom. The predicted molar refractivity (Wildman–Crippen MR) is 110 cm³/mol. The van der Waals surface area contributed by atoms with Gasteiger partial charge in [0.15, 0.2) is 11.0 Å². The number of amides is 1. The van der Waals surface area contributed by atoms with Gasteiger partial charge in [-0.2, -0.15) is 0 Å². The number of carbonyl (C=O) groups is 1.